The first kappa shape index (κ1) is 22.0. The lowest BCUT2D eigenvalue weighted by atomic mass is 9.99. The molecule has 1 unspecified atom stereocenters. The number of carbonyl (C=O) groups excluding carboxylic acids is 1. The molecule has 0 amide bonds. The number of ether oxygens (including phenoxy) is 1. The molecule has 0 aromatic heterocycles. The fourth-order valence-corrected chi connectivity index (χ4v) is 3.03. The fraction of sp³-hybridized carbons (Fsp3) is 0.471. The Morgan fingerprint density at radius 3 is 2.27 bits per heavy atom. The molecule has 0 bridgehead atoms. The fourth-order valence-electron chi connectivity index (χ4n) is 2.02. The number of alkyl halides is 3. The number of esters is 1. The van der Waals surface area contributed by atoms with Crippen molar-refractivity contribution < 1.29 is 35.3 Å². The van der Waals surface area contributed by atoms with Crippen molar-refractivity contribution in [2.45, 2.75) is 50.6 Å². The van der Waals surface area contributed by atoms with Crippen molar-refractivity contribution in [2.75, 3.05) is 6.61 Å². The highest BCUT2D eigenvalue weighted by Gasteiger charge is 2.49. The monoisotopic (exact) mass is 394 g/mol. The lowest BCUT2D eigenvalue weighted by molar-refractivity contribution is -0.150. The van der Waals surface area contributed by atoms with E-state index in [4.69, 9.17) is 0 Å². The summed E-state index contributed by atoms with van der Waals surface area (Å²) < 4.78 is 75.5. The van der Waals surface area contributed by atoms with Gasteiger partial charge >= 0.3 is 16.1 Å². The van der Waals surface area contributed by atoms with Gasteiger partial charge in [-0.3, -0.25) is 4.79 Å². The summed E-state index contributed by atoms with van der Waals surface area (Å²) in [5.41, 5.74) is -2.86. The average Bonchev–Trinajstić information content (AvgIpc) is 2.54. The van der Waals surface area contributed by atoms with Crippen molar-refractivity contribution in [1.29, 1.82) is 0 Å². The Hall–Kier alpha value is -2.03. The van der Waals surface area contributed by atoms with Crippen LogP contribution in [0.5, 0.6) is 0 Å². The van der Waals surface area contributed by atoms with Crippen LogP contribution in [0.25, 0.3) is 0 Å². The first-order valence-electron chi connectivity index (χ1n) is 7.91. The average molecular weight is 394 g/mol. The molecule has 0 radical (unpaired) electrons. The second-order valence-electron chi connectivity index (χ2n) is 5.47. The van der Waals surface area contributed by atoms with Gasteiger partial charge in [-0.25, -0.2) is 13.2 Å². The van der Waals surface area contributed by atoms with Gasteiger partial charge in [0, 0.05) is 0 Å². The minimum absolute atomic E-state index is 0.0139. The maximum Gasteiger partial charge on any atom is 0.339 e. The lowest BCUT2D eigenvalue weighted by Crippen LogP contribution is -2.39. The summed E-state index contributed by atoms with van der Waals surface area (Å²) in [6.45, 7) is 4.51. The number of benzene rings is 1. The van der Waals surface area contributed by atoms with Crippen molar-refractivity contribution in [1.82, 2.24) is 0 Å². The molecule has 1 atom stereocenters. The van der Waals surface area contributed by atoms with Crippen LogP contribution in [0.2, 0.25) is 0 Å². The minimum atomic E-state index is -4.56. The van der Waals surface area contributed by atoms with Crippen LogP contribution in [0.3, 0.4) is 0 Å². The van der Waals surface area contributed by atoms with Crippen molar-refractivity contribution in [3.05, 3.63) is 41.7 Å². The number of rotatable bonds is 9. The Morgan fingerprint density at radius 2 is 1.81 bits per heavy atom. The SMILES string of the molecule is CC/C=C(\OS(=O)(=O)c1ccc(C)cc1)C(F)(CC(=O)OCC)C(F)F. The quantitative estimate of drug-likeness (QED) is 0.361. The number of carbonyl (C=O) groups is 1. The first-order valence-corrected chi connectivity index (χ1v) is 9.32. The van der Waals surface area contributed by atoms with Crippen LogP contribution in [0.4, 0.5) is 13.2 Å². The van der Waals surface area contributed by atoms with Crippen molar-refractivity contribution in [3.8, 4) is 0 Å². The largest absolute Gasteiger partial charge is 0.466 e. The van der Waals surface area contributed by atoms with Crippen LogP contribution in [0.15, 0.2) is 41.0 Å². The van der Waals surface area contributed by atoms with Gasteiger partial charge < -0.3 is 8.92 Å². The number of aryl methyl sites for hydroxylation is 1. The summed E-state index contributed by atoms with van der Waals surface area (Å²) in [5, 5.41) is 0. The summed E-state index contributed by atoms with van der Waals surface area (Å²) in [7, 11) is -4.56. The van der Waals surface area contributed by atoms with E-state index < -0.39 is 40.4 Å². The summed E-state index contributed by atoms with van der Waals surface area (Å²) in [5.74, 6) is -2.36. The van der Waals surface area contributed by atoms with E-state index in [1.165, 1.54) is 38.1 Å². The van der Waals surface area contributed by atoms with Gasteiger partial charge in [0.05, 0.1) is 13.0 Å². The maximum atomic E-state index is 14.9. The molecule has 0 aliphatic carbocycles. The molecule has 1 aromatic carbocycles. The van der Waals surface area contributed by atoms with E-state index in [1.807, 2.05) is 0 Å². The Labute approximate surface area is 150 Å². The molecule has 0 aliphatic rings. The second kappa shape index (κ2) is 9.07. The Morgan fingerprint density at radius 1 is 1.23 bits per heavy atom. The molecular weight excluding hydrogens is 373 g/mol. The molecule has 0 fully saturated rings. The zero-order valence-electron chi connectivity index (χ0n) is 14.7. The van der Waals surface area contributed by atoms with E-state index in [-0.39, 0.29) is 17.9 Å². The Kier molecular flexibility index (Phi) is 7.68. The zero-order chi connectivity index (χ0) is 20.0. The van der Waals surface area contributed by atoms with Gasteiger partial charge in [0.1, 0.15) is 4.90 Å². The maximum absolute atomic E-state index is 14.9. The predicted octanol–water partition coefficient (Wildman–Crippen LogP) is 3.92. The van der Waals surface area contributed by atoms with Crippen molar-refractivity contribution >= 4 is 16.1 Å². The van der Waals surface area contributed by atoms with Gasteiger partial charge in [-0.05, 0) is 38.5 Å². The zero-order valence-corrected chi connectivity index (χ0v) is 15.5. The molecule has 0 saturated carbocycles. The summed E-state index contributed by atoms with van der Waals surface area (Å²) in [6.07, 6.45) is -4.18. The van der Waals surface area contributed by atoms with Crippen molar-refractivity contribution in [3.63, 3.8) is 0 Å². The van der Waals surface area contributed by atoms with Crippen LogP contribution in [0.1, 0.15) is 32.3 Å². The highest BCUT2D eigenvalue weighted by Crippen LogP contribution is 2.36. The number of hydrogen-bond donors (Lipinski definition) is 0. The third kappa shape index (κ3) is 5.48. The molecule has 1 aromatic rings. The van der Waals surface area contributed by atoms with Crippen LogP contribution in [-0.4, -0.2) is 33.1 Å². The molecule has 9 heteroatoms. The number of halogens is 3. The van der Waals surface area contributed by atoms with Gasteiger partial charge in [-0.1, -0.05) is 24.6 Å². The third-order valence-electron chi connectivity index (χ3n) is 3.36. The van der Waals surface area contributed by atoms with E-state index in [0.29, 0.717) is 0 Å². The van der Waals surface area contributed by atoms with Crippen LogP contribution in [0, 0.1) is 6.92 Å². The Balaban J connectivity index is 3.25. The van der Waals surface area contributed by atoms with E-state index >= 15 is 0 Å². The summed E-state index contributed by atoms with van der Waals surface area (Å²) in [4.78, 5) is 11.2. The van der Waals surface area contributed by atoms with Crippen LogP contribution < -0.4 is 0 Å². The molecule has 0 heterocycles. The normalized spacial score (nSPS) is 14.8. The lowest BCUT2D eigenvalue weighted by Gasteiger charge is -2.26. The molecule has 5 nitrogen and oxygen atoms in total. The molecule has 26 heavy (non-hydrogen) atoms. The predicted molar refractivity (Wildman–Crippen MR) is 88.9 cm³/mol. The first-order chi connectivity index (χ1) is 12.1. The summed E-state index contributed by atoms with van der Waals surface area (Å²) in [6, 6.07) is 5.38. The topological polar surface area (TPSA) is 69.7 Å². The van der Waals surface area contributed by atoms with Crippen molar-refractivity contribution in [2.24, 2.45) is 0 Å². The van der Waals surface area contributed by atoms with Crippen LogP contribution >= 0.6 is 0 Å². The van der Waals surface area contributed by atoms with Gasteiger partial charge in [0.15, 0.2) is 5.76 Å². The summed E-state index contributed by atoms with van der Waals surface area (Å²) >= 11 is 0. The molecule has 0 saturated heterocycles. The molecule has 0 N–H and O–H groups in total. The van der Waals surface area contributed by atoms with Gasteiger partial charge in [0.2, 0.25) is 5.67 Å². The minimum Gasteiger partial charge on any atom is -0.466 e. The van der Waals surface area contributed by atoms with Gasteiger partial charge in [-0.2, -0.15) is 8.42 Å². The highest BCUT2D eigenvalue weighted by molar-refractivity contribution is 7.86. The third-order valence-corrected chi connectivity index (χ3v) is 4.61. The van der Waals surface area contributed by atoms with E-state index in [2.05, 4.69) is 8.92 Å². The highest BCUT2D eigenvalue weighted by atomic mass is 32.2. The molecular formula is C17H21F3O5S. The molecule has 0 aliphatic heterocycles. The number of allylic oxidation sites excluding steroid dienone is 2. The molecule has 146 valence electrons. The second-order valence-corrected chi connectivity index (χ2v) is 7.02. The molecule has 0 spiro atoms. The van der Waals surface area contributed by atoms with E-state index in [9.17, 15) is 26.4 Å². The van der Waals surface area contributed by atoms with Gasteiger partial charge in [0.25, 0.3) is 6.43 Å². The standard InChI is InChI=1S/C17H21F3O5S/c1-4-6-14(17(20,16(18)19)11-15(21)24-5-2)25-26(22,23)13-9-7-12(3)8-10-13/h6-10,16H,4-5,11H2,1-3H3/b14-6-. The smallest absolute Gasteiger partial charge is 0.339 e. The number of hydrogen-bond acceptors (Lipinski definition) is 5. The van der Waals surface area contributed by atoms with E-state index in [1.54, 1.807) is 6.92 Å². The van der Waals surface area contributed by atoms with Crippen LogP contribution in [-0.2, 0) is 23.8 Å². The molecule has 1 rings (SSSR count). The Bertz CT molecular complexity index is 744. The van der Waals surface area contributed by atoms with Gasteiger partial charge in [-0.15, -0.1) is 0 Å². The van der Waals surface area contributed by atoms with E-state index in [0.717, 1.165) is 11.6 Å².